The molecule has 21 heavy (non-hydrogen) atoms. The van der Waals surface area contributed by atoms with Crippen molar-refractivity contribution in [2.45, 2.75) is 26.3 Å². The molecule has 1 fully saturated rings. The van der Waals surface area contributed by atoms with E-state index in [-0.39, 0.29) is 5.91 Å². The number of hydrogen-bond acceptors (Lipinski definition) is 3. The first kappa shape index (κ1) is 13.9. The lowest BCUT2D eigenvalue weighted by Crippen LogP contribution is -2.34. The molecule has 4 nitrogen and oxygen atoms in total. The van der Waals surface area contributed by atoms with Crippen LogP contribution in [0.1, 0.15) is 30.6 Å². The minimum absolute atomic E-state index is 0.0956. The van der Waals surface area contributed by atoms with Crippen LogP contribution in [0.5, 0.6) is 0 Å². The number of pyridine rings is 1. The Balaban J connectivity index is 2.07. The summed E-state index contributed by atoms with van der Waals surface area (Å²) in [6, 6.07) is 8.24. The number of hydrogen-bond donors (Lipinski definition) is 1. The van der Waals surface area contributed by atoms with Gasteiger partial charge < -0.3 is 10.2 Å². The molecule has 1 amide bonds. The van der Waals surface area contributed by atoms with Gasteiger partial charge in [-0.05, 0) is 24.6 Å². The van der Waals surface area contributed by atoms with E-state index in [4.69, 9.17) is 0 Å². The Kier molecular flexibility index (Phi) is 3.53. The number of amides is 1. The molecule has 1 aliphatic rings. The zero-order chi connectivity index (χ0) is 15.0. The average Bonchev–Trinajstić information content (AvgIpc) is 2.84. The third-order valence-corrected chi connectivity index (χ3v) is 4.31. The van der Waals surface area contributed by atoms with Crippen LogP contribution in [-0.2, 0) is 0 Å². The fourth-order valence-electron chi connectivity index (χ4n) is 3.30. The van der Waals surface area contributed by atoms with Gasteiger partial charge in [0.25, 0.3) is 5.91 Å². The minimum atomic E-state index is 0.0956. The van der Waals surface area contributed by atoms with Gasteiger partial charge in [-0.15, -0.1) is 0 Å². The Morgan fingerprint density at radius 1 is 1.29 bits per heavy atom. The number of nitrogens with zero attached hydrogens (tertiary/aromatic N) is 2. The van der Waals surface area contributed by atoms with E-state index in [2.05, 4.69) is 24.1 Å². The van der Waals surface area contributed by atoms with Crippen LogP contribution >= 0.6 is 0 Å². The third-order valence-electron chi connectivity index (χ3n) is 4.31. The van der Waals surface area contributed by atoms with Gasteiger partial charge in [0.15, 0.2) is 0 Å². The number of carbonyl (C=O) groups excluding carboxylic acids is 1. The second-order valence-electron chi connectivity index (χ2n) is 5.96. The first-order chi connectivity index (χ1) is 10.1. The number of anilines is 1. The predicted molar refractivity (Wildman–Crippen MR) is 85.6 cm³/mol. The summed E-state index contributed by atoms with van der Waals surface area (Å²) in [6.07, 6.45) is 2.78. The minimum Gasteiger partial charge on any atom is -0.373 e. The van der Waals surface area contributed by atoms with Crippen LogP contribution in [0.2, 0.25) is 0 Å². The second kappa shape index (κ2) is 5.35. The maximum atomic E-state index is 12.9. The second-order valence-corrected chi connectivity index (χ2v) is 5.96. The van der Waals surface area contributed by atoms with Gasteiger partial charge in [0.05, 0.1) is 5.56 Å². The zero-order valence-corrected chi connectivity index (χ0v) is 12.8. The summed E-state index contributed by atoms with van der Waals surface area (Å²) in [5, 5.41) is 5.04. The molecule has 1 N–H and O–H groups in total. The number of fused-ring (bicyclic) bond motifs is 1. The van der Waals surface area contributed by atoms with Crippen molar-refractivity contribution in [3.05, 3.63) is 36.0 Å². The Labute approximate surface area is 125 Å². The largest absolute Gasteiger partial charge is 0.373 e. The summed E-state index contributed by atoms with van der Waals surface area (Å²) in [6.45, 7) is 5.16. The molecule has 0 radical (unpaired) electrons. The van der Waals surface area contributed by atoms with Crippen molar-refractivity contribution in [2.24, 2.45) is 5.92 Å². The van der Waals surface area contributed by atoms with Gasteiger partial charge >= 0.3 is 0 Å². The quantitative estimate of drug-likeness (QED) is 0.921. The summed E-state index contributed by atoms with van der Waals surface area (Å²) in [4.78, 5) is 19.3. The highest BCUT2D eigenvalue weighted by molar-refractivity contribution is 6.09. The molecule has 0 bridgehead atoms. The molecule has 110 valence electrons. The monoisotopic (exact) mass is 283 g/mol. The summed E-state index contributed by atoms with van der Waals surface area (Å²) in [5.74, 6) is 1.47. The Bertz CT molecular complexity index is 683. The summed E-state index contributed by atoms with van der Waals surface area (Å²) < 4.78 is 0. The van der Waals surface area contributed by atoms with E-state index in [0.29, 0.717) is 17.5 Å². The maximum Gasteiger partial charge on any atom is 0.256 e. The number of nitrogens with one attached hydrogen (secondary N) is 1. The molecule has 0 spiro atoms. The molecule has 1 saturated heterocycles. The molecule has 0 aliphatic carbocycles. The highest BCUT2D eigenvalue weighted by Crippen LogP contribution is 2.29. The fourth-order valence-corrected chi connectivity index (χ4v) is 3.30. The normalized spacial score (nSPS) is 21.8. The van der Waals surface area contributed by atoms with Crippen LogP contribution in [0.4, 0.5) is 5.82 Å². The third kappa shape index (κ3) is 2.35. The lowest BCUT2D eigenvalue weighted by atomic mass is 10.1. The van der Waals surface area contributed by atoms with Crippen molar-refractivity contribution < 1.29 is 4.79 Å². The Morgan fingerprint density at radius 2 is 2.00 bits per heavy atom. The molecule has 1 aromatic heterocycles. The average molecular weight is 283 g/mol. The molecule has 4 heteroatoms. The van der Waals surface area contributed by atoms with Crippen LogP contribution in [0.25, 0.3) is 10.8 Å². The van der Waals surface area contributed by atoms with Crippen LogP contribution in [0.3, 0.4) is 0 Å². The van der Waals surface area contributed by atoms with Gasteiger partial charge in [0.2, 0.25) is 0 Å². The predicted octanol–water partition coefficient (Wildman–Crippen LogP) is 3.15. The van der Waals surface area contributed by atoms with E-state index in [1.54, 1.807) is 6.20 Å². The molecule has 3 rings (SSSR count). The van der Waals surface area contributed by atoms with Crippen molar-refractivity contribution in [2.75, 3.05) is 18.9 Å². The van der Waals surface area contributed by atoms with Crippen molar-refractivity contribution in [1.29, 1.82) is 0 Å². The number of aromatic nitrogens is 1. The summed E-state index contributed by atoms with van der Waals surface area (Å²) in [7, 11) is 1.85. The van der Waals surface area contributed by atoms with Gasteiger partial charge in [-0.1, -0.05) is 31.2 Å². The molecular formula is C17H21N3O. The lowest BCUT2D eigenvalue weighted by Gasteiger charge is -2.22. The van der Waals surface area contributed by atoms with Crippen LogP contribution in [0.15, 0.2) is 30.5 Å². The smallest absolute Gasteiger partial charge is 0.256 e. The van der Waals surface area contributed by atoms with Crippen LogP contribution in [0, 0.1) is 5.92 Å². The highest BCUT2D eigenvalue weighted by Gasteiger charge is 2.31. The van der Waals surface area contributed by atoms with Gasteiger partial charge in [-0.25, -0.2) is 4.98 Å². The van der Waals surface area contributed by atoms with Gasteiger partial charge in [-0.2, -0.15) is 0 Å². The van der Waals surface area contributed by atoms with Crippen LogP contribution in [-0.4, -0.2) is 35.4 Å². The van der Waals surface area contributed by atoms with E-state index in [0.717, 1.165) is 29.6 Å². The van der Waals surface area contributed by atoms with Crippen molar-refractivity contribution in [3.63, 3.8) is 0 Å². The van der Waals surface area contributed by atoms with Gasteiger partial charge in [-0.3, -0.25) is 4.79 Å². The molecule has 2 atom stereocenters. The first-order valence-corrected chi connectivity index (χ1v) is 7.48. The van der Waals surface area contributed by atoms with Crippen LogP contribution < -0.4 is 5.32 Å². The fraction of sp³-hybridized carbons (Fsp3) is 0.412. The van der Waals surface area contributed by atoms with Gasteiger partial charge in [0, 0.05) is 31.2 Å². The molecule has 1 aliphatic heterocycles. The number of likely N-dealkylation sites (tertiary alicyclic amines) is 1. The van der Waals surface area contributed by atoms with E-state index in [1.807, 2.05) is 36.2 Å². The molecule has 2 unspecified atom stereocenters. The molecule has 2 heterocycles. The Hall–Kier alpha value is -2.10. The maximum absolute atomic E-state index is 12.9. The lowest BCUT2D eigenvalue weighted by molar-refractivity contribution is 0.0745. The van der Waals surface area contributed by atoms with E-state index >= 15 is 0 Å². The van der Waals surface area contributed by atoms with E-state index in [9.17, 15) is 4.79 Å². The molecule has 0 saturated carbocycles. The topological polar surface area (TPSA) is 45.2 Å². The molecule has 1 aromatic carbocycles. The number of rotatable bonds is 2. The summed E-state index contributed by atoms with van der Waals surface area (Å²) >= 11 is 0. The van der Waals surface area contributed by atoms with E-state index < -0.39 is 0 Å². The summed E-state index contributed by atoms with van der Waals surface area (Å²) in [5.41, 5.74) is 0.700. The Morgan fingerprint density at radius 3 is 2.62 bits per heavy atom. The van der Waals surface area contributed by atoms with Crippen molar-refractivity contribution >= 4 is 22.5 Å². The van der Waals surface area contributed by atoms with Gasteiger partial charge in [0.1, 0.15) is 5.82 Å². The zero-order valence-electron chi connectivity index (χ0n) is 12.8. The number of carbonyl (C=O) groups is 1. The standard InChI is InChI=1S/C17H21N3O/c1-11-8-12(2)20(10-11)17(21)15-9-19-16(18-3)14-7-5-4-6-13(14)15/h4-7,9,11-12H,8,10H2,1-3H3,(H,18,19). The van der Waals surface area contributed by atoms with E-state index in [1.165, 1.54) is 0 Å². The SMILES string of the molecule is CNc1ncc(C(=O)N2CC(C)CC2C)c2ccccc12. The molecule has 2 aromatic rings. The highest BCUT2D eigenvalue weighted by atomic mass is 16.2. The first-order valence-electron chi connectivity index (χ1n) is 7.48. The van der Waals surface area contributed by atoms with Crippen molar-refractivity contribution in [1.82, 2.24) is 9.88 Å². The number of benzene rings is 1. The van der Waals surface area contributed by atoms with Crippen molar-refractivity contribution in [3.8, 4) is 0 Å². The molecular weight excluding hydrogens is 262 g/mol.